The molecule has 48 heavy (non-hydrogen) atoms. The van der Waals surface area contributed by atoms with Gasteiger partial charge in [0.2, 0.25) is 5.91 Å². The molecule has 4 atom stereocenters. The van der Waals surface area contributed by atoms with E-state index in [0.29, 0.717) is 44.1 Å². The van der Waals surface area contributed by atoms with Crippen molar-refractivity contribution in [1.29, 1.82) is 0 Å². The molecular weight excluding hydrogens is 626 g/mol. The lowest BCUT2D eigenvalue weighted by molar-refractivity contribution is -0.493. The topological polar surface area (TPSA) is 178 Å². The Kier molecular flexibility index (Phi) is 22.0. The SMILES string of the molecule is COCCCOc1cc(CC(CC(NC(=O)OCCOCCON(O)O)C(O)CC(C(=O)NCC(C)C)C(C)C)C(C)C)ccc1OC. The molecule has 14 nitrogen and oxygen atoms in total. The second kappa shape index (κ2) is 24.4. The van der Waals surface area contributed by atoms with Crippen LogP contribution >= 0.6 is 0 Å². The van der Waals surface area contributed by atoms with Crippen molar-refractivity contribution in [2.24, 2.45) is 29.6 Å². The fourth-order valence-corrected chi connectivity index (χ4v) is 5.09. The number of carbonyl (C=O) groups excluding carboxylic acids is 2. The Hall–Kier alpha value is -2.72. The summed E-state index contributed by atoms with van der Waals surface area (Å²) in [5.74, 6) is 1.16. The number of hydrogen-bond acceptors (Lipinski definition) is 12. The molecule has 1 aromatic carbocycles. The van der Waals surface area contributed by atoms with Gasteiger partial charge in [0, 0.05) is 32.6 Å². The molecule has 0 radical (unpaired) electrons. The van der Waals surface area contributed by atoms with Gasteiger partial charge in [0.05, 0.1) is 51.1 Å². The summed E-state index contributed by atoms with van der Waals surface area (Å²) >= 11 is 0. The molecule has 14 heteroatoms. The van der Waals surface area contributed by atoms with E-state index in [1.165, 1.54) is 0 Å². The Morgan fingerprint density at radius 2 is 1.58 bits per heavy atom. The van der Waals surface area contributed by atoms with Crippen LogP contribution in [0.4, 0.5) is 4.79 Å². The van der Waals surface area contributed by atoms with Crippen LogP contribution in [-0.2, 0) is 30.3 Å². The number of nitrogens with zero attached hydrogens (tertiary/aromatic N) is 1. The number of methoxy groups -OCH3 is 2. The highest BCUT2D eigenvalue weighted by Gasteiger charge is 2.32. The molecule has 2 amide bonds. The molecule has 0 heterocycles. The monoisotopic (exact) mass is 687 g/mol. The van der Waals surface area contributed by atoms with Crippen LogP contribution in [0.2, 0.25) is 0 Å². The lowest BCUT2D eigenvalue weighted by Gasteiger charge is -2.32. The van der Waals surface area contributed by atoms with Crippen LogP contribution in [0.25, 0.3) is 0 Å². The first-order valence-corrected chi connectivity index (χ1v) is 16.8. The molecule has 0 spiro atoms. The summed E-state index contributed by atoms with van der Waals surface area (Å²) < 4.78 is 27.2. The molecule has 0 aromatic heterocycles. The van der Waals surface area contributed by atoms with E-state index in [4.69, 9.17) is 34.1 Å². The molecule has 0 bridgehead atoms. The van der Waals surface area contributed by atoms with E-state index in [9.17, 15) is 14.7 Å². The average molecular weight is 688 g/mol. The third-order valence-corrected chi connectivity index (χ3v) is 7.96. The van der Waals surface area contributed by atoms with E-state index in [2.05, 4.69) is 29.3 Å². The normalized spacial score (nSPS) is 14.2. The van der Waals surface area contributed by atoms with Crippen molar-refractivity contribution < 1.29 is 53.6 Å². The molecule has 278 valence electrons. The van der Waals surface area contributed by atoms with Crippen LogP contribution in [0.5, 0.6) is 11.5 Å². The smallest absolute Gasteiger partial charge is 0.407 e. The third kappa shape index (κ3) is 18.2. The summed E-state index contributed by atoms with van der Waals surface area (Å²) in [4.78, 5) is 30.4. The zero-order valence-corrected chi connectivity index (χ0v) is 30.1. The molecule has 1 aromatic rings. The minimum atomic E-state index is -1.03. The number of aliphatic hydroxyl groups excluding tert-OH is 1. The zero-order valence-electron chi connectivity index (χ0n) is 30.1. The van der Waals surface area contributed by atoms with Crippen LogP contribution in [0.1, 0.15) is 66.4 Å². The summed E-state index contributed by atoms with van der Waals surface area (Å²) in [7, 11) is 3.25. The van der Waals surface area contributed by atoms with Crippen LogP contribution in [0, 0.1) is 29.6 Å². The predicted octanol–water partition coefficient (Wildman–Crippen LogP) is 4.23. The van der Waals surface area contributed by atoms with Gasteiger partial charge < -0.3 is 39.4 Å². The summed E-state index contributed by atoms with van der Waals surface area (Å²) in [6.07, 6.45) is 0.219. The molecule has 4 unspecified atom stereocenters. The number of carbonyl (C=O) groups is 2. The van der Waals surface area contributed by atoms with E-state index >= 15 is 0 Å². The van der Waals surface area contributed by atoms with Gasteiger partial charge in [-0.3, -0.25) is 15.2 Å². The number of ether oxygens (including phenoxy) is 5. The van der Waals surface area contributed by atoms with Crippen molar-refractivity contribution in [2.75, 3.05) is 60.4 Å². The maximum absolute atomic E-state index is 13.1. The highest BCUT2D eigenvalue weighted by molar-refractivity contribution is 5.79. The standard InChI is InChI=1S/C34H61N3O11/c1-23(2)22-35-33(39)28(25(5)6)21-30(38)29(36-34(40)47-16-14-45-15-17-48-37(41)42)20-27(24(3)4)18-26-10-11-31(44-8)32(19-26)46-13-9-12-43-7/h10-11,19,23-25,27-30,38,41-42H,9,12-18,20-22H2,1-8H3,(H,35,39)(H,36,40). The summed E-state index contributed by atoms with van der Waals surface area (Å²) in [5.41, 5.74) is 1.02. The van der Waals surface area contributed by atoms with Gasteiger partial charge in [-0.2, -0.15) is 0 Å². The second-order valence-corrected chi connectivity index (χ2v) is 13.0. The van der Waals surface area contributed by atoms with Crippen LogP contribution in [0.3, 0.4) is 0 Å². The molecule has 1 rings (SSSR count). The minimum Gasteiger partial charge on any atom is -0.493 e. The lowest BCUT2D eigenvalue weighted by atomic mass is 9.80. The van der Waals surface area contributed by atoms with Gasteiger partial charge in [0.25, 0.3) is 0 Å². The Balaban J connectivity index is 3.12. The summed E-state index contributed by atoms with van der Waals surface area (Å²) in [6, 6.07) is 5.12. The van der Waals surface area contributed by atoms with Crippen LogP contribution in [0.15, 0.2) is 18.2 Å². The Morgan fingerprint density at radius 3 is 2.19 bits per heavy atom. The van der Waals surface area contributed by atoms with E-state index in [0.717, 1.165) is 12.0 Å². The van der Waals surface area contributed by atoms with Gasteiger partial charge >= 0.3 is 6.09 Å². The second-order valence-electron chi connectivity index (χ2n) is 13.0. The van der Waals surface area contributed by atoms with Gasteiger partial charge in [-0.15, -0.1) is 0 Å². The van der Waals surface area contributed by atoms with Crippen molar-refractivity contribution in [3.63, 3.8) is 0 Å². The van der Waals surface area contributed by atoms with Crippen molar-refractivity contribution in [3.05, 3.63) is 23.8 Å². The Labute approximate surface area is 286 Å². The Bertz CT molecular complexity index is 1030. The molecule has 0 fully saturated rings. The molecule has 0 aliphatic carbocycles. The molecule has 0 saturated carbocycles. The van der Waals surface area contributed by atoms with Gasteiger partial charge in [0.15, 0.2) is 11.5 Å². The average Bonchev–Trinajstić information content (AvgIpc) is 3.02. The highest BCUT2D eigenvalue weighted by Crippen LogP contribution is 2.32. The number of benzene rings is 1. The maximum Gasteiger partial charge on any atom is 0.407 e. The Morgan fingerprint density at radius 1 is 0.875 bits per heavy atom. The predicted molar refractivity (Wildman–Crippen MR) is 179 cm³/mol. The molecule has 0 saturated heterocycles. The van der Waals surface area contributed by atoms with Crippen molar-refractivity contribution in [3.8, 4) is 11.5 Å². The van der Waals surface area contributed by atoms with Crippen LogP contribution < -0.4 is 20.1 Å². The molecule has 0 aliphatic rings. The zero-order chi connectivity index (χ0) is 36.1. The van der Waals surface area contributed by atoms with Crippen molar-refractivity contribution in [1.82, 2.24) is 16.0 Å². The quantitative estimate of drug-likeness (QED) is 0.0693. The van der Waals surface area contributed by atoms with Crippen molar-refractivity contribution in [2.45, 2.75) is 79.4 Å². The minimum absolute atomic E-state index is 0.0351. The molecule has 0 aliphatic heterocycles. The number of amides is 2. The number of aliphatic hydroxyl groups is 1. The fourth-order valence-electron chi connectivity index (χ4n) is 5.09. The fraction of sp³-hybridized carbons (Fsp3) is 0.765. The maximum atomic E-state index is 13.1. The summed E-state index contributed by atoms with van der Waals surface area (Å²) in [6.45, 7) is 13.6. The first kappa shape index (κ1) is 43.3. The highest BCUT2D eigenvalue weighted by atomic mass is 17.1. The van der Waals surface area contributed by atoms with Gasteiger partial charge in [-0.1, -0.05) is 47.6 Å². The van der Waals surface area contributed by atoms with E-state index < -0.39 is 29.5 Å². The first-order chi connectivity index (χ1) is 22.8. The number of rotatable bonds is 26. The van der Waals surface area contributed by atoms with Gasteiger partial charge in [0.1, 0.15) is 6.61 Å². The van der Waals surface area contributed by atoms with Crippen molar-refractivity contribution >= 4 is 12.0 Å². The first-order valence-electron chi connectivity index (χ1n) is 16.8. The number of nitrogens with one attached hydrogen (secondary N) is 2. The van der Waals surface area contributed by atoms with E-state index in [1.54, 1.807) is 14.2 Å². The third-order valence-electron chi connectivity index (χ3n) is 7.96. The van der Waals surface area contributed by atoms with E-state index in [-0.39, 0.29) is 62.4 Å². The van der Waals surface area contributed by atoms with Crippen LogP contribution in [-0.4, -0.2) is 105 Å². The molecule has 5 N–H and O–H groups in total. The lowest BCUT2D eigenvalue weighted by Crippen LogP contribution is -2.48. The molecular formula is C34H61N3O11. The largest absolute Gasteiger partial charge is 0.493 e. The van der Waals surface area contributed by atoms with Gasteiger partial charge in [-0.05, 0) is 60.6 Å². The number of alkyl carbamates (subject to hydrolysis) is 1. The summed E-state index contributed by atoms with van der Waals surface area (Å²) in [5, 5.41) is 34.1. The van der Waals surface area contributed by atoms with E-state index in [1.807, 2.05) is 45.9 Å². The number of hydrogen-bond donors (Lipinski definition) is 5. The van der Waals surface area contributed by atoms with Gasteiger partial charge in [-0.25, -0.2) is 9.63 Å².